The van der Waals surface area contributed by atoms with Crippen LogP contribution in [0.1, 0.15) is 27.7 Å². The average molecular weight is 216 g/mol. The first-order chi connectivity index (χ1) is 6.87. The van der Waals surface area contributed by atoms with E-state index < -0.39 is 23.1 Å². The van der Waals surface area contributed by atoms with Gasteiger partial charge in [0.15, 0.2) is 0 Å². The van der Waals surface area contributed by atoms with Crippen molar-refractivity contribution in [1.82, 2.24) is 0 Å². The van der Waals surface area contributed by atoms with Gasteiger partial charge in [0.25, 0.3) is 5.78 Å². The molecule has 0 heterocycles. The third kappa shape index (κ3) is 3.34. The standard InChI is InChI=1S/C10H16O5/c1-5-14-8(12)7(11)10(3,4)9(13)15-6-2/h5-6H2,1-4H3. The fourth-order valence-electron chi connectivity index (χ4n) is 0.856. The fourth-order valence-corrected chi connectivity index (χ4v) is 0.856. The van der Waals surface area contributed by atoms with Gasteiger partial charge in [0.2, 0.25) is 0 Å². The third-order valence-corrected chi connectivity index (χ3v) is 1.81. The highest BCUT2D eigenvalue weighted by molar-refractivity contribution is 6.39. The van der Waals surface area contributed by atoms with Crippen molar-refractivity contribution in [2.45, 2.75) is 27.7 Å². The van der Waals surface area contributed by atoms with Gasteiger partial charge in [0.05, 0.1) is 13.2 Å². The zero-order valence-electron chi connectivity index (χ0n) is 9.46. The van der Waals surface area contributed by atoms with Crippen molar-refractivity contribution in [1.29, 1.82) is 0 Å². The molecule has 0 bridgehead atoms. The van der Waals surface area contributed by atoms with Crippen LogP contribution in [-0.2, 0) is 23.9 Å². The maximum absolute atomic E-state index is 11.5. The molecule has 0 unspecified atom stereocenters. The molecule has 5 heteroatoms. The minimum Gasteiger partial charge on any atom is -0.465 e. The lowest BCUT2D eigenvalue weighted by Crippen LogP contribution is -2.40. The molecule has 0 aromatic carbocycles. The van der Waals surface area contributed by atoms with Crippen molar-refractivity contribution < 1.29 is 23.9 Å². The summed E-state index contributed by atoms with van der Waals surface area (Å²) < 4.78 is 9.21. The highest BCUT2D eigenvalue weighted by Gasteiger charge is 2.42. The predicted octanol–water partition coefficient (Wildman–Crippen LogP) is 0.708. The number of rotatable bonds is 5. The van der Waals surface area contributed by atoms with Crippen molar-refractivity contribution >= 4 is 17.7 Å². The van der Waals surface area contributed by atoms with E-state index in [9.17, 15) is 14.4 Å². The number of esters is 2. The van der Waals surface area contributed by atoms with Crippen LogP contribution in [0, 0.1) is 5.41 Å². The Balaban J connectivity index is 4.64. The zero-order chi connectivity index (χ0) is 12.1. The van der Waals surface area contributed by atoms with Gasteiger partial charge in [-0.1, -0.05) is 0 Å². The van der Waals surface area contributed by atoms with Crippen molar-refractivity contribution in [3.05, 3.63) is 0 Å². The van der Waals surface area contributed by atoms with E-state index in [1.165, 1.54) is 13.8 Å². The molecule has 0 radical (unpaired) electrons. The first-order valence-electron chi connectivity index (χ1n) is 4.76. The molecule has 0 aromatic heterocycles. The van der Waals surface area contributed by atoms with Crippen LogP contribution in [0.15, 0.2) is 0 Å². The van der Waals surface area contributed by atoms with Crippen LogP contribution in [0.25, 0.3) is 0 Å². The summed E-state index contributed by atoms with van der Waals surface area (Å²) in [6.07, 6.45) is 0. The molecule has 0 aliphatic carbocycles. The van der Waals surface area contributed by atoms with E-state index in [1.807, 2.05) is 0 Å². The minimum atomic E-state index is -1.48. The van der Waals surface area contributed by atoms with Crippen molar-refractivity contribution in [3.8, 4) is 0 Å². The molecule has 0 rings (SSSR count). The van der Waals surface area contributed by atoms with Gasteiger partial charge in [-0.15, -0.1) is 0 Å². The number of ether oxygens (including phenoxy) is 2. The van der Waals surface area contributed by atoms with Gasteiger partial charge in [-0.05, 0) is 27.7 Å². The quantitative estimate of drug-likeness (QED) is 0.384. The highest BCUT2D eigenvalue weighted by atomic mass is 16.5. The molecular formula is C10H16O5. The molecule has 0 spiro atoms. The van der Waals surface area contributed by atoms with E-state index in [4.69, 9.17) is 0 Å². The minimum absolute atomic E-state index is 0.101. The first-order valence-corrected chi connectivity index (χ1v) is 4.76. The van der Waals surface area contributed by atoms with Gasteiger partial charge in [-0.25, -0.2) is 4.79 Å². The molecule has 0 N–H and O–H groups in total. The molecular weight excluding hydrogens is 200 g/mol. The van der Waals surface area contributed by atoms with E-state index >= 15 is 0 Å². The van der Waals surface area contributed by atoms with Crippen LogP contribution in [0.2, 0.25) is 0 Å². The average Bonchev–Trinajstić information content (AvgIpc) is 2.17. The zero-order valence-corrected chi connectivity index (χ0v) is 9.46. The summed E-state index contributed by atoms with van der Waals surface area (Å²) in [5, 5.41) is 0. The lowest BCUT2D eigenvalue weighted by molar-refractivity contribution is -0.166. The summed E-state index contributed by atoms with van der Waals surface area (Å²) >= 11 is 0. The topological polar surface area (TPSA) is 69.7 Å². The van der Waals surface area contributed by atoms with Crippen molar-refractivity contribution in [2.75, 3.05) is 13.2 Å². The Hall–Kier alpha value is -1.39. The van der Waals surface area contributed by atoms with Gasteiger partial charge in [-0.2, -0.15) is 0 Å². The van der Waals surface area contributed by atoms with E-state index in [-0.39, 0.29) is 13.2 Å². The monoisotopic (exact) mass is 216 g/mol. The lowest BCUT2D eigenvalue weighted by atomic mass is 9.88. The molecule has 0 amide bonds. The largest absolute Gasteiger partial charge is 0.465 e. The SMILES string of the molecule is CCOC(=O)C(=O)C(C)(C)C(=O)OCC. The maximum atomic E-state index is 11.5. The Kier molecular flexibility index (Phi) is 4.97. The number of ketones is 1. The number of carbonyl (C=O) groups excluding carboxylic acids is 3. The Bertz CT molecular complexity index is 267. The normalized spacial score (nSPS) is 10.7. The van der Waals surface area contributed by atoms with Crippen LogP contribution in [-0.4, -0.2) is 30.9 Å². The molecule has 0 atom stereocenters. The van der Waals surface area contributed by atoms with Crippen molar-refractivity contribution in [3.63, 3.8) is 0 Å². The second-order valence-corrected chi connectivity index (χ2v) is 3.40. The van der Waals surface area contributed by atoms with Gasteiger partial charge in [0.1, 0.15) is 5.41 Å². The number of carbonyl (C=O) groups is 3. The first kappa shape index (κ1) is 13.6. The molecule has 0 saturated heterocycles. The fraction of sp³-hybridized carbons (Fsp3) is 0.700. The number of Topliss-reactive ketones (excluding diaryl/α,β-unsaturated/α-hetero) is 1. The Labute approximate surface area is 88.7 Å². The number of hydrogen-bond acceptors (Lipinski definition) is 5. The summed E-state index contributed by atoms with van der Waals surface area (Å²) in [7, 11) is 0. The Morgan fingerprint density at radius 2 is 1.47 bits per heavy atom. The van der Waals surface area contributed by atoms with E-state index in [1.54, 1.807) is 13.8 Å². The Morgan fingerprint density at radius 1 is 1.00 bits per heavy atom. The predicted molar refractivity (Wildman–Crippen MR) is 52.1 cm³/mol. The third-order valence-electron chi connectivity index (χ3n) is 1.81. The van der Waals surface area contributed by atoms with Gasteiger partial charge in [-0.3, -0.25) is 9.59 Å². The van der Waals surface area contributed by atoms with Crippen LogP contribution < -0.4 is 0 Å². The molecule has 0 aliphatic heterocycles. The van der Waals surface area contributed by atoms with Gasteiger partial charge in [0, 0.05) is 0 Å². The molecule has 0 saturated carbocycles. The summed E-state index contributed by atoms with van der Waals surface area (Å²) in [5.74, 6) is -2.61. The molecule has 15 heavy (non-hydrogen) atoms. The summed E-state index contributed by atoms with van der Waals surface area (Å²) in [4.78, 5) is 34.0. The van der Waals surface area contributed by atoms with Crippen molar-refractivity contribution in [2.24, 2.45) is 5.41 Å². The van der Waals surface area contributed by atoms with Crippen LogP contribution in [0.3, 0.4) is 0 Å². The number of hydrogen-bond donors (Lipinski definition) is 0. The van der Waals surface area contributed by atoms with E-state index in [0.29, 0.717) is 0 Å². The smallest absolute Gasteiger partial charge is 0.375 e. The molecule has 0 aliphatic rings. The highest BCUT2D eigenvalue weighted by Crippen LogP contribution is 2.19. The molecule has 86 valence electrons. The summed E-state index contributed by atoms with van der Waals surface area (Å²) in [5.41, 5.74) is -1.48. The van der Waals surface area contributed by atoms with Crippen LogP contribution >= 0.6 is 0 Å². The molecule has 0 fully saturated rings. The maximum Gasteiger partial charge on any atom is 0.375 e. The second kappa shape index (κ2) is 5.48. The van der Waals surface area contributed by atoms with E-state index in [0.717, 1.165) is 0 Å². The van der Waals surface area contributed by atoms with Crippen LogP contribution in [0.4, 0.5) is 0 Å². The van der Waals surface area contributed by atoms with Gasteiger partial charge < -0.3 is 9.47 Å². The molecule has 5 nitrogen and oxygen atoms in total. The van der Waals surface area contributed by atoms with E-state index in [2.05, 4.69) is 9.47 Å². The summed E-state index contributed by atoms with van der Waals surface area (Å²) in [6, 6.07) is 0. The summed E-state index contributed by atoms with van der Waals surface area (Å²) in [6.45, 7) is 6.15. The Morgan fingerprint density at radius 3 is 1.87 bits per heavy atom. The second-order valence-electron chi connectivity index (χ2n) is 3.40. The lowest BCUT2D eigenvalue weighted by Gasteiger charge is -2.19. The van der Waals surface area contributed by atoms with Crippen LogP contribution in [0.5, 0.6) is 0 Å². The molecule has 0 aromatic rings. The van der Waals surface area contributed by atoms with Gasteiger partial charge >= 0.3 is 11.9 Å².